The summed E-state index contributed by atoms with van der Waals surface area (Å²) >= 11 is 0. The zero-order chi connectivity index (χ0) is 14.3. The zero-order valence-electron chi connectivity index (χ0n) is 11.4. The lowest BCUT2D eigenvalue weighted by Gasteiger charge is -2.15. The molecule has 0 saturated heterocycles. The van der Waals surface area contributed by atoms with Crippen LogP contribution in [0.3, 0.4) is 0 Å². The van der Waals surface area contributed by atoms with Crippen LogP contribution in [0.15, 0.2) is 24.3 Å². The summed E-state index contributed by atoms with van der Waals surface area (Å²) in [6.45, 7) is 2.69. The second-order valence-electron chi connectivity index (χ2n) is 4.59. The highest BCUT2D eigenvalue weighted by Crippen LogP contribution is 2.18. The van der Waals surface area contributed by atoms with Gasteiger partial charge in [0.25, 0.3) is 0 Å². The van der Waals surface area contributed by atoms with Gasteiger partial charge >= 0.3 is 0 Å². The third-order valence-electron chi connectivity index (χ3n) is 2.82. The van der Waals surface area contributed by atoms with E-state index in [0.29, 0.717) is 13.0 Å². The van der Waals surface area contributed by atoms with Crippen molar-refractivity contribution in [2.75, 3.05) is 19.4 Å². The van der Waals surface area contributed by atoms with Gasteiger partial charge in [0.2, 0.25) is 10.0 Å². The Kier molecular flexibility index (Phi) is 6.27. The van der Waals surface area contributed by atoms with Crippen molar-refractivity contribution in [3.05, 3.63) is 29.8 Å². The van der Waals surface area contributed by atoms with Gasteiger partial charge < -0.3 is 10.1 Å². The molecular weight excluding hydrogens is 264 g/mol. The Morgan fingerprint density at radius 2 is 2.05 bits per heavy atom. The van der Waals surface area contributed by atoms with Gasteiger partial charge in [-0.1, -0.05) is 18.2 Å². The van der Waals surface area contributed by atoms with E-state index in [0.717, 1.165) is 17.7 Å². The second kappa shape index (κ2) is 7.47. The fourth-order valence-corrected chi connectivity index (χ4v) is 2.44. The molecule has 0 saturated carbocycles. The molecule has 1 aromatic carbocycles. The van der Waals surface area contributed by atoms with Crippen LogP contribution in [0.1, 0.15) is 18.9 Å². The van der Waals surface area contributed by atoms with Crippen LogP contribution in [0.2, 0.25) is 0 Å². The first-order valence-electron chi connectivity index (χ1n) is 6.28. The number of nitrogens with one attached hydrogen (secondary N) is 1. The maximum absolute atomic E-state index is 10.8. The Bertz CT molecular complexity index is 488. The SMILES string of the molecule is COc1ccccc1CC(C)NCCCS(N)(=O)=O. The third-order valence-corrected chi connectivity index (χ3v) is 3.67. The summed E-state index contributed by atoms with van der Waals surface area (Å²) in [5.41, 5.74) is 1.14. The van der Waals surface area contributed by atoms with E-state index < -0.39 is 10.0 Å². The van der Waals surface area contributed by atoms with Gasteiger partial charge in [-0.15, -0.1) is 0 Å². The van der Waals surface area contributed by atoms with Crippen molar-refractivity contribution in [3.8, 4) is 5.75 Å². The molecule has 5 nitrogen and oxygen atoms in total. The molecule has 0 aromatic heterocycles. The van der Waals surface area contributed by atoms with E-state index in [2.05, 4.69) is 12.2 Å². The molecule has 0 aliphatic carbocycles. The van der Waals surface area contributed by atoms with Crippen molar-refractivity contribution < 1.29 is 13.2 Å². The average Bonchev–Trinajstić information content (AvgIpc) is 2.34. The van der Waals surface area contributed by atoms with Crippen LogP contribution in [-0.2, 0) is 16.4 Å². The summed E-state index contributed by atoms with van der Waals surface area (Å²) in [4.78, 5) is 0. The van der Waals surface area contributed by atoms with E-state index in [4.69, 9.17) is 9.88 Å². The van der Waals surface area contributed by atoms with Crippen molar-refractivity contribution >= 4 is 10.0 Å². The molecule has 0 radical (unpaired) electrons. The molecule has 3 N–H and O–H groups in total. The molecule has 0 heterocycles. The number of rotatable bonds is 8. The molecule has 6 heteroatoms. The van der Waals surface area contributed by atoms with E-state index in [1.54, 1.807) is 7.11 Å². The van der Waals surface area contributed by atoms with Crippen molar-refractivity contribution in [1.29, 1.82) is 0 Å². The van der Waals surface area contributed by atoms with Crippen molar-refractivity contribution in [1.82, 2.24) is 5.32 Å². The molecule has 1 atom stereocenters. The van der Waals surface area contributed by atoms with Crippen LogP contribution in [0.5, 0.6) is 5.75 Å². The van der Waals surface area contributed by atoms with Gasteiger partial charge in [0.05, 0.1) is 12.9 Å². The fraction of sp³-hybridized carbons (Fsp3) is 0.538. The number of nitrogens with two attached hydrogens (primary N) is 1. The topological polar surface area (TPSA) is 81.4 Å². The number of sulfonamides is 1. The predicted molar refractivity (Wildman–Crippen MR) is 76.8 cm³/mol. The van der Waals surface area contributed by atoms with E-state index in [1.807, 2.05) is 24.3 Å². The highest BCUT2D eigenvalue weighted by atomic mass is 32.2. The quantitative estimate of drug-likeness (QED) is 0.696. The molecule has 108 valence electrons. The number of methoxy groups -OCH3 is 1. The van der Waals surface area contributed by atoms with Crippen LogP contribution in [0.25, 0.3) is 0 Å². The zero-order valence-corrected chi connectivity index (χ0v) is 12.2. The first-order valence-corrected chi connectivity index (χ1v) is 7.99. The molecule has 1 rings (SSSR count). The maximum Gasteiger partial charge on any atom is 0.209 e. The highest BCUT2D eigenvalue weighted by molar-refractivity contribution is 7.89. The van der Waals surface area contributed by atoms with Crippen LogP contribution in [-0.4, -0.2) is 33.9 Å². The second-order valence-corrected chi connectivity index (χ2v) is 6.33. The number of hydrogen-bond acceptors (Lipinski definition) is 4. The Labute approximate surface area is 115 Å². The summed E-state index contributed by atoms with van der Waals surface area (Å²) in [7, 11) is -1.70. The van der Waals surface area contributed by atoms with Gasteiger partial charge in [-0.3, -0.25) is 0 Å². The molecule has 0 amide bonds. The minimum absolute atomic E-state index is 0.0153. The Morgan fingerprint density at radius 1 is 1.37 bits per heavy atom. The largest absolute Gasteiger partial charge is 0.496 e. The Morgan fingerprint density at radius 3 is 2.68 bits per heavy atom. The molecule has 0 bridgehead atoms. The lowest BCUT2D eigenvalue weighted by Crippen LogP contribution is -2.30. The van der Waals surface area contributed by atoms with Crippen LogP contribution < -0.4 is 15.2 Å². The number of hydrogen-bond donors (Lipinski definition) is 2. The summed E-state index contributed by atoms with van der Waals surface area (Å²) in [5, 5.41) is 8.22. The van der Waals surface area contributed by atoms with Gasteiger partial charge in [-0.2, -0.15) is 0 Å². The lowest BCUT2D eigenvalue weighted by atomic mass is 10.1. The standard InChI is InChI=1S/C13H22N2O3S/c1-11(15-8-5-9-19(14,16)17)10-12-6-3-4-7-13(12)18-2/h3-4,6-7,11,15H,5,8-10H2,1-2H3,(H2,14,16,17). The van der Waals surface area contributed by atoms with E-state index in [-0.39, 0.29) is 11.8 Å². The molecule has 0 aliphatic heterocycles. The van der Waals surface area contributed by atoms with Crippen LogP contribution >= 0.6 is 0 Å². The monoisotopic (exact) mass is 286 g/mol. The first-order chi connectivity index (χ1) is 8.92. The Hall–Kier alpha value is -1.11. The molecule has 0 aliphatic rings. The molecule has 0 spiro atoms. The normalized spacial score (nSPS) is 13.2. The first kappa shape index (κ1) is 15.9. The van der Waals surface area contributed by atoms with Crippen molar-refractivity contribution in [2.45, 2.75) is 25.8 Å². The number of primary sulfonamides is 1. The summed E-state index contributed by atoms with van der Waals surface area (Å²) in [6.07, 6.45) is 1.36. The van der Waals surface area contributed by atoms with Gasteiger partial charge in [-0.05, 0) is 37.9 Å². The smallest absolute Gasteiger partial charge is 0.209 e. The van der Waals surface area contributed by atoms with E-state index in [1.165, 1.54) is 0 Å². The average molecular weight is 286 g/mol. The minimum Gasteiger partial charge on any atom is -0.496 e. The predicted octanol–water partition coefficient (Wildman–Crippen LogP) is 0.894. The van der Waals surface area contributed by atoms with Gasteiger partial charge in [0, 0.05) is 6.04 Å². The number of benzene rings is 1. The molecular formula is C13H22N2O3S. The summed E-state index contributed by atoms with van der Waals surface area (Å²) in [6, 6.07) is 8.12. The number of ether oxygens (including phenoxy) is 1. The maximum atomic E-state index is 10.8. The van der Waals surface area contributed by atoms with Gasteiger partial charge in [0.15, 0.2) is 0 Å². The molecule has 19 heavy (non-hydrogen) atoms. The Balaban J connectivity index is 2.37. The van der Waals surface area contributed by atoms with Crippen LogP contribution in [0, 0.1) is 0 Å². The van der Waals surface area contributed by atoms with Crippen molar-refractivity contribution in [3.63, 3.8) is 0 Å². The fourth-order valence-electron chi connectivity index (χ4n) is 1.90. The van der Waals surface area contributed by atoms with Gasteiger partial charge in [-0.25, -0.2) is 13.6 Å². The summed E-state index contributed by atoms with van der Waals surface area (Å²) in [5.74, 6) is 0.891. The highest BCUT2D eigenvalue weighted by Gasteiger charge is 2.08. The van der Waals surface area contributed by atoms with E-state index >= 15 is 0 Å². The summed E-state index contributed by atoms with van der Waals surface area (Å²) < 4.78 is 26.9. The van der Waals surface area contributed by atoms with Crippen LogP contribution in [0.4, 0.5) is 0 Å². The van der Waals surface area contributed by atoms with Gasteiger partial charge in [0.1, 0.15) is 5.75 Å². The molecule has 1 aromatic rings. The minimum atomic E-state index is -3.35. The lowest BCUT2D eigenvalue weighted by molar-refractivity contribution is 0.406. The molecule has 1 unspecified atom stereocenters. The van der Waals surface area contributed by atoms with Crippen molar-refractivity contribution in [2.24, 2.45) is 5.14 Å². The third kappa shape index (κ3) is 6.56. The number of para-hydroxylation sites is 1. The van der Waals surface area contributed by atoms with E-state index in [9.17, 15) is 8.42 Å². The molecule has 0 fully saturated rings.